The van der Waals surface area contributed by atoms with E-state index in [9.17, 15) is 9.90 Å². The molecule has 1 N–H and O–H groups in total. The Hall–Kier alpha value is -1.88. The number of ether oxygens (including phenoxy) is 1. The highest BCUT2D eigenvalue weighted by atomic mass is 16.6. The van der Waals surface area contributed by atoms with E-state index in [0.29, 0.717) is 18.4 Å². The molecule has 0 amide bonds. The minimum atomic E-state index is -0.697. The van der Waals surface area contributed by atoms with E-state index >= 15 is 0 Å². The normalized spacial score (nSPS) is 12.4. The van der Waals surface area contributed by atoms with E-state index in [2.05, 4.69) is 9.99 Å². The molecule has 0 heterocycles. The predicted octanol–water partition coefficient (Wildman–Crippen LogP) is 1.93. The molecule has 0 bridgehead atoms. The van der Waals surface area contributed by atoms with Gasteiger partial charge < -0.3 is 14.7 Å². The van der Waals surface area contributed by atoms with Crippen molar-refractivity contribution in [3.05, 3.63) is 35.4 Å². The lowest BCUT2D eigenvalue weighted by molar-refractivity contribution is 0.0243. The van der Waals surface area contributed by atoms with Crippen LogP contribution in [0.15, 0.2) is 29.4 Å². The van der Waals surface area contributed by atoms with Gasteiger partial charge in [-0.15, -0.1) is 0 Å². The molecule has 0 aromatic heterocycles. The van der Waals surface area contributed by atoms with Crippen molar-refractivity contribution in [1.29, 1.82) is 0 Å². The van der Waals surface area contributed by atoms with Crippen molar-refractivity contribution in [1.82, 2.24) is 0 Å². The lowest BCUT2D eigenvalue weighted by Gasteiger charge is -2.10. The number of aryl methyl sites for hydroxylation is 1. The van der Waals surface area contributed by atoms with Crippen LogP contribution in [0.2, 0.25) is 0 Å². The molecule has 0 aliphatic heterocycles. The number of rotatable bonds is 7. The molecule has 0 spiro atoms. The van der Waals surface area contributed by atoms with E-state index in [1.54, 1.807) is 18.3 Å². The lowest BCUT2D eigenvalue weighted by Crippen LogP contribution is -2.18. The standard InChI is InChI=1S/C14H19NO4/c1-11-5-7-12(8-6-11)14(17)19-10-13(16)4-3-9-15-18-2/h5-9,13,16H,3-4,10H2,1-2H3/b15-9+/t13-/m0/s1. The zero-order valence-corrected chi connectivity index (χ0v) is 11.2. The van der Waals surface area contributed by atoms with E-state index in [4.69, 9.17) is 4.74 Å². The first-order valence-electron chi connectivity index (χ1n) is 6.10. The fourth-order valence-corrected chi connectivity index (χ4v) is 1.42. The van der Waals surface area contributed by atoms with Crippen LogP contribution in [0.5, 0.6) is 0 Å². The van der Waals surface area contributed by atoms with Gasteiger partial charge in [0.25, 0.3) is 0 Å². The molecule has 0 aliphatic carbocycles. The second kappa shape index (κ2) is 8.26. The number of carbonyl (C=O) groups excluding carboxylic acids is 1. The summed E-state index contributed by atoms with van der Waals surface area (Å²) in [5, 5.41) is 13.2. The summed E-state index contributed by atoms with van der Waals surface area (Å²) in [6.45, 7) is 1.92. The number of nitrogens with zero attached hydrogens (tertiary/aromatic N) is 1. The molecule has 0 unspecified atom stereocenters. The van der Waals surface area contributed by atoms with Crippen molar-refractivity contribution in [2.24, 2.45) is 5.16 Å². The van der Waals surface area contributed by atoms with Crippen molar-refractivity contribution in [3.63, 3.8) is 0 Å². The summed E-state index contributed by atoms with van der Waals surface area (Å²) in [6.07, 6.45) is 1.90. The van der Waals surface area contributed by atoms with Gasteiger partial charge in [-0.2, -0.15) is 0 Å². The largest absolute Gasteiger partial charge is 0.459 e. The summed E-state index contributed by atoms with van der Waals surface area (Å²) in [5.41, 5.74) is 1.56. The van der Waals surface area contributed by atoms with Crippen molar-refractivity contribution >= 4 is 12.2 Å². The van der Waals surface area contributed by atoms with Gasteiger partial charge in [0.1, 0.15) is 13.7 Å². The average molecular weight is 265 g/mol. The first-order valence-corrected chi connectivity index (χ1v) is 6.10. The lowest BCUT2D eigenvalue weighted by atomic mass is 10.1. The van der Waals surface area contributed by atoms with Gasteiger partial charge in [-0.3, -0.25) is 0 Å². The molecule has 0 saturated carbocycles. The molecular formula is C14H19NO4. The van der Waals surface area contributed by atoms with Crippen molar-refractivity contribution in [3.8, 4) is 0 Å². The average Bonchev–Trinajstić information content (AvgIpc) is 2.42. The molecule has 1 atom stereocenters. The SMILES string of the molecule is CO/N=C/CC[C@H](O)COC(=O)c1ccc(C)cc1. The third kappa shape index (κ3) is 6.01. The Labute approximate surface area is 112 Å². The summed E-state index contributed by atoms with van der Waals surface area (Å²) in [6, 6.07) is 7.09. The van der Waals surface area contributed by atoms with Gasteiger partial charge in [0.05, 0.1) is 11.7 Å². The summed E-state index contributed by atoms with van der Waals surface area (Å²) in [4.78, 5) is 16.1. The molecule has 0 saturated heterocycles. The molecular weight excluding hydrogens is 246 g/mol. The fraction of sp³-hybridized carbons (Fsp3) is 0.429. The maximum atomic E-state index is 11.7. The Morgan fingerprint density at radius 1 is 1.42 bits per heavy atom. The molecule has 0 aliphatic rings. The Balaban J connectivity index is 2.29. The van der Waals surface area contributed by atoms with E-state index in [-0.39, 0.29) is 6.61 Å². The number of carbonyl (C=O) groups is 1. The molecule has 1 aromatic carbocycles. The highest BCUT2D eigenvalue weighted by Crippen LogP contribution is 2.06. The van der Waals surface area contributed by atoms with Gasteiger partial charge in [-0.1, -0.05) is 22.9 Å². The van der Waals surface area contributed by atoms with Gasteiger partial charge in [0.2, 0.25) is 0 Å². The van der Waals surface area contributed by atoms with E-state index < -0.39 is 12.1 Å². The molecule has 19 heavy (non-hydrogen) atoms. The maximum Gasteiger partial charge on any atom is 0.338 e. The van der Waals surface area contributed by atoms with Gasteiger partial charge in [0, 0.05) is 6.21 Å². The van der Waals surface area contributed by atoms with Gasteiger partial charge in [0.15, 0.2) is 0 Å². The Kier molecular flexibility index (Phi) is 6.60. The smallest absolute Gasteiger partial charge is 0.338 e. The predicted molar refractivity (Wildman–Crippen MR) is 72.2 cm³/mol. The number of aliphatic hydroxyl groups is 1. The zero-order valence-electron chi connectivity index (χ0n) is 11.2. The van der Waals surface area contributed by atoms with Gasteiger partial charge in [-0.25, -0.2) is 4.79 Å². The van der Waals surface area contributed by atoms with Crippen molar-refractivity contribution in [2.75, 3.05) is 13.7 Å². The minimum absolute atomic E-state index is 0.0203. The van der Waals surface area contributed by atoms with Crippen LogP contribution in [0, 0.1) is 6.92 Å². The highest BCUT2D eigenvalue weighted by molar-refractivity contribution is 5.89. The minimum Gasteiger partial charge on any atom is -0.459 e. The van der Waals surface area contributed by atoms with Crippen molar-refractivity contribution < 1.29 is 19.5 Å². The molecule has 5 nitrogen and oxygen atoms in total. The van der Waals surface area contributed by atoms with E-state index in [0.717, 1.165) is 5.56 Å². The summed E-state index contributed by atoms with van der Waals surface area (Å²) < 4.78 is 5.02. The van der Waals surface area contributed by atoms with Crippen LogP contribution in [-0.2, 0) is 9.57 Å². The van der Waals surface area contributed by atoms with Crippen LogP contribution in [-0.4, -0.2) is 37.1 Å². The van der Waals surface area contributed by atoms with Crippen LogP contribution < -0.4 is 0 Å². The number of hydrogen-bond acceptors (Lipinski definition) is 5. The van der Waals surface area contributed by atoms with Crippen LogP contribution in [0.4, 0.5) is 0 Å². The summed E-state index contributed by atoms with van der Waals surface area (Å²) in [5.74, 6) is -0.426. The highest BCUT2D eigenvalue weighted by Gasteiger charge is 2.10. The number of benzene rings is 1. The molecule has 0 fully saturated rings. The molecule has 5 heteroatoms. The molecule has 104 valence electrons. The first-order chi connectivity index (χ1) is 9.13. The maximum absolute atomic E-state index is 11.7. The fourth-order valence-electron chi connectivity index (χ4n) is 1.42. The summed E-state index contributed by atoms with van der Waals surface area (Å²) in [7, 11) is 1.45. The van der Waals surface area contributed by atoms with Crippen molar-refractivity contribution in [2.45, 2.75) is 25.9 Å². The first kappa shape index (κ1) is 15.2. The number of oxime groups is 1. The van der Waals surface area contributed by atoms with Crippen LogP contribution in [0.25, 0.3) is 0 Å². The summed E-state index contributed by atoms with van der Waals surface area (Å²) >= 11 is 0. The number of hydrogen-bond donors (Lipinski definition) is 1. The Bertz CT molecular complexity index is 414. The second-order valence-electron chi connectivity index (χ2n) is 4.17. The van der Waals surface area contributed by atoms with Crippen LogP contribution >= 0.6 is 0 Å². The van der Waals surface area contributed by atoms with Gasteiger partial charge in [-0.05, 0) is 31.9 Å². The van der Waals surface area contributed by atoms with Crippen LogP contribution in [0.1, 0.15) is 28.8 Å². The monoisotopic (exact) mass is 265 g/mol. The molecule has 1 aromatic rings. The second-order valence-corrected chi connectivity index (χ2v) is 4.17. The molecule has 0 radical (unpaired) electrons. The third-order valence-electron chi connectivity index (χ3n) is 2.50. The van der Waals surface area contributed by atoms with E-state index in [1.807, 2.05) is 19.1 Å². The third-order valence-corrected chi connectivity index (χ3v) is 2.50. The Morgan fingerprint density at radius 2 is 2.11 bits per heavy atom. The quantitative estimate of drug-likeness (QED) is 0.464. The Morgan fingerprint density at radius 3 is 2.74 bits per heavy atom. The van der Waals surface area contributed by atoms with E-state index in [1.165, 1.54) is 7.11 Å². The molecule has 1 rings (SSSR count). The number of esters is 1. The topological polar surface area (TPSA) is 68.1 Å². The number of aliphatic hydroxyl groups excluding tert-OH is 1. The van der Waals surface area contributed by atoms with Gasteiger partial charge >= 0.3 is 5.97 Å². The van der Waals surface area contributed by atoms with Crippen LogP contribution in [0.3, 0.4) is 0 Å². The zero-order chi connectivity index (χ0) is 14.1.